The Kier molecular flexibility index (Phi) is 5.12. The van der Waals surface area contributed by atoms with Gasteiger partial charge in [0.2, 0.25) is 5.91 Å². The predicted molar refractivity (Wildman–Crippen MR) is 115 cm³/mol. The third-order valence-corrected chi connectivity index (χ3v) is 5.19. The molecule has 8 heteroatoms. The summed E-state index contributed by atoms with van der Waals surface area (Å²) in [4.78, 5) is 50.6. The molecule has 1 atom stereocenters. The lowest BCUT2D eigenvalue weighted by Gasteiger charge is -2.22. The summed E-state index contributed by atoms with van der Waals surface area (Å²) in [7, 11) is 0. The van der Waals surface area contributed by atoms with Gasteiger partial charge < -0.3 is 10.6 Å². The second-order valence-corrected chi connectivity index (χ2v) is 7.38. The molecule has 0 radical (unpaired) electrons. The van der Waals surface area contributed by atoms with Crippen LogP contribution in [0.15, 0.2) is 72.8 Å². The van der Waals surface area contributed by atoms with Crippen molar-refractivity contribution in [1.29, 1.82) is 0 Å². The minimum Gasteiger partial charge on any atom is -0.319 e. The molecule has 8 nitrogen and oxygen atoms in total. The highest BCUT2D eigenvalue weighted by molar-refractivity contribution is 6.11. The van der Waals surface area contributed by atoms with E-state index in [1.807, 2.05) is 36.4 Å². The van der Waals surface area contributed by atoms with Crippen LogP contribution in [0.2, 0.25) is 0 Å². The first kappa shape index (κ1) is 20.1. The number of carbonyl (C=O) groups is 4. The van der Waals surface area contributed by atoms with Crippen molar-refractivity contribution in [1.82, 2.24) is 15.5 Å². The summed E-state index contributed by atoms with van der Waals surface area (Å²) in [5.41, 5.74) is -0.200. The largest absolute Gasteiger partial charge is 0.325 e. The van der Waals surface area contributed by atoms with Crippen molar-refractivity contribution in [3.05, 3.63) is 78.4 Å². The van der Waals surface area contributed by atoms with Crippen molar-refractivity contribution >= 4 is 40.3 Å². The molecule has 0 aliphatic carbocycles. The van der Waals surface area contributed by atoms with E-state index in [-0.39, 0.29) is 0 Å². The number of nitrogens with zero attached hydrogens (tertiary/aromatic N) is 1. The average molecular weight is 416 g/mol. The van der Waals surface area contributed by atoms with E-state index < -0.39 is 36.0 Å². The number of imide groups is 2. The lowest BCUT2D eigenvalue weighted by molar-refractivity contribution is -0.134. The first-order chi connectivity index (χ1) is 14.9. The Labute approximate surface area is 178 Å². The summed E-state index contributed by atoms with van der Waals surface area (Å²) >= 11 is 0. The molecule has 1 aliphatic heterocycles. The normalized spacial score (nSPS) is 18.0. The maximum Gasteiger partial charge on any atom is 0.325 e. The second-order valence-electron chi connectivity index (χ2n) is 7.38. The minimum atomic E-state index is -1.31. The highest BCUT2D eigenvalue weighted by atomic mass is 16.2. The molecule has 0 spiro atoms. The molecule has 3 N–H and O–H groups in total. The van der Waals surface area contributed by atoms with Crippen molar-refractivity contribution in [3.63, 3.8) is 0 Å². The van der Waals surface area contributed by atoms with E-state index in [9.17, 15) is 19.2 Å². The van der Waals surface area contributed by atoms with Gasteiger partial charge in [-0.15, -0.1) is 0 Å². The molecule has 1 heterocycles. The fourth-order valence-corrected chi connectivity index (χ4v) is 3.53. The van der Waals surface area contributed by atoms with Gasteiger partial charge in [-0.25, -0.2) is 9.59 Å². The zero-order valence-electron chi connectivity index (χ0n) is 16.7. The quantitative estimate of drug-likeness (QED) is 0.568. The standard InChI is InChI=1S/C23H20N4O4/c1-23(17-12-11-15-7-5-6-8-16(15)13-17)20(29)27(22(31)26-23)14-19(28)25-21(30)24-18-9-3-2-4-10-18/h2-13H,14H2,1H3,(H,26,31)(H2,24,25,28,30). The Morgan fingerprint density at radius 3 is 2.35 bits per heavy atom. The van der Waals surface area contributed by atoms with E-state index >= 15 is 0 Å². The SMILES string of the molecule is CC1(c2ccc3ccccc3c2)NC(=O)N(CC(=O)NC(=O)Nc2ccccc2)C1=O. The van der Waals surface area contributed by atoms with Gasteiger partial charge in [0, 0.05) is 5.69 Å². The number of hydrogen-bond donors (Lipinski definition) is 3. The number of benzene rings is 3. The summed E-state index contributed by atoms with van der Waals surface area (Å²) in [6.45, 7) is 1.02. The molecule has 1 fully saturated rings. The molecule has 0 bridgehead atoms. The van der Waals surface area contributed by atoms with Crippen LogP contribution in [0.3, 0.4) is 0 Å². The lowest BCUT2D eigenvalue weighted by Crippen LogP contribution is -2.45. The fraction of sp³-hybridized carbons (Fsp3) is 0.130. The van der Waals surface area contributed by atoms with Gasteiger partial charge in [-0.05, 0) is 41.5 Å². The molecule has 0 aromatic heterocycles. The Balaban J connectivity index is 1.46. The second kappa shape index (κ2) is 7.91. The molecule has 1 aliphatic rings. The van der Waals surface area contributed by atoms with Gasteiger partial charge in [-0.2, -0.15) is 0 Å². The number of anilines is 1. The number of urea groups is 2. The molecule has 156 valence electrons. The average Bonchev–Trinajstić information content (AvgIpc) is 2.98. The van der Waals surface area contributed by atoms with E-state index in [1.165, 1.54) is 0 Å². The number of rotatable bonds is 4. The first-order valence-corrected chi connectivity index (χ1v) is 9.66. The Morgan fingerprint density at radius 1 is 0.935 bits per heavy atom. The van der Waals surface area contributed by atoms with Gasteiger partial charge in [0.1, 0.15) is 12.1 Å². The summed E-state index contributed by atoms with van der Waals surface area (Å²) in [5.74, 6) is -1.34. The van der Waals surface area contributed by atoms with E-state index in [0.717, 1.165) is 15.7 Å². The summed E-state index contributed by atoms with van der Waals surface area (Å²) < 4.78 is 0. The monoisotopic (exact) mass is 416 g/mol. The first-order valence-electron chi connectivity index (χ1n) is 9.66. The van der Waals surface area contributed by atoms with Gasteiger partial charge in [0.05, 0.1) is 0 Å². The van der Waals surface area contributed by atoms with Gasteiger partial charge in [0.25, 0.3) is 5.91 Å². The zero-order valence-corrected chi connectivity index (χ0v) is 16.7. The molecular formula is C23H20N4O4. The van der Waals surface area contributed by atoms with Crippen LogP contribution in [-0.2, 0) is 15.1 Å². The molecule has 0 saturated carbocycles. The number of hydrogen-bond acceptors (Lipinski definition) is 4. The van der Waals surface area contributed by atoms with Crippen LogP contribution < -0.4 is 16.0 Å². The zero-order chi connectivity index (χ0) is 22.0. The summed E-state index contributed by atoms with van der Waals surface area (Å²) in [5, 5.41) is 9.23. The van der Waals surface area contributed by atoms with Crippen LogP contribution in [0.1, 0.15) is 12.5 Å². The van der Waals surface area contributed by atoms with Crippen LogP contribution >= 0.6 is 0 Å². The Morgan fingerprint density at radius 2 is 1.61 bits per heavy atom. The highest BCUT2D eigenvalue weighted by Crippen LogP contribution is 2.30. The molecular weight excluding hydrogens is 396 g/mol. The van der Waals surface area contributed by atoms with Crippen molar-refractivity contribution < 1.29 is 19.2 Å². The van der Waals surface area contributed by atoms with Crippen LogP contribution in [0, 0.1) is 0 Å². The molecule has 3 aromatic rings. The molecule has 1 saturated heterocycles. The number of para-hydroxylation sites is 1. The molecule has 1 unspecified atom stereocenters. The summed E-state index contributed by atoms with van der Waals surface area (Å²) in [6, 6.07) is 20.3. The highest BCUT2D eigenvalue weighted by Gasteiger charge is 2.49. The number of carbonyl (C=O) groups excluding carboxylic acids is 4. The van der Waals surface area contributed by atoms with Crippen LogP contribution in [0.5, 0.6) is 0 Å². The molecule has 3 aromatic carbocycles. The summed E-state index contributed by atoms with van der Waals surface area (Å²) in [6.07, 6.45) is 0. The number of nitrogens with one attached hydrogen (secondary N) is 3. The van der Waals surface area contributed by atoms with E-state index in [4.69, 9.17) is 0 Å². The van der Waals surface area contributed by atoms with Crippen LogP contribution in [0.4, 0.5) is 15.3 Å². The third-order valence-electron chi connectivity index (χ3n) is 5.19. The smallest absolute Gasteiger partial charge is 0.319 e. The van der Waals surface area contributed by atoms with E-state index in [1.54, 1.807) is 43.3 Å². The number of fused-ring (bicyclic) bond motifs is 1. The Bertz CT molecular complexity index is 1190. The van der Waals surface area contributed by atoms with Crippen LogP contribution in [0.25, 0.3) is 10.8 Å². The topological polar surface area (TPSA) is 108 Å². The minimum absolute atomic E-state index is 0.506. The predicted octanol–water partition coefficient (Wildman–Crippen LogP) is 2.96. The maximum absolute atomic E-state index is 13.0. The van der Waals surface area contributed by atoms with Gasteiger partial charge >= 0.3 is 12.1 Å². The van der Waals surface area contributed by atoms with Crippen LogP contribution in [-0.4, -0.2) is 35.3 Å². The number of amides is 6. The van der Waals surface area contributed by atoms with E-state index in [2.05, 4.69) is 16.0 Å². The van der Waals surface area contributed by atoms with E-state index in [0.29, 0.717) is 11.3 Å². The molecule has 31 heavy (non-hydrogen) atoms. The Hall–Kier alpha value is -4.20. The van der Waals surface area contributed by atoms with Gasteiger partial charge in [-0.1, -0.05) is 54.6 Å². The van der Waals surface area contributed by atoms with Gasteiger partial charge in [0.15, 0.2) is 0 Å². The third kappa shape index (κ3) is 3.95. The maximum atomic E-state index is 13.0. The lowest BCUT2D eigenvalue weighted by atomic mass is 9.90. The van der Waals surface area contributed by atoms with Crippen molar-refractivity contribution in [2.45, 2.75) is 12.5 Å². The van der Waals surface area contributed by atoms with Crippen molar-refractivity contribution in [2.75, 3.05) is 11.9 Å². The van der Waals surface area contributed by atoms with Gasteiger partial charge in [-0.3, -0.25) is 19.8 Å². The van der Waals surface area contributed by atoms with Crippen molar-refractivity contribution in [2.24, 2.45) is 0 Å². The fourth-order valence-electron chi connectivity index (χ4n) is 3.53. The molecule has 4 rings (SSSR count). The van der Waals surface area contributed by atoms with Crippen molar-refractivity contribution in [3.8, 4) is 0 Å². The molecule has 6 amide bonds.